The molecule has 1 N–H and O–H groups in total. The molecule has 2 heteroatoms. The van der Waals surface area contributed by atoms with Crippen molar-refractivity contribution in [2.45, 2.75) is 50.2 Å². The van der Waals surface area contributed by atoms with Gasteiger partial charge in [-0.15, -0.1) is 0 Å². The molecule has 2 unspecified atom stereocenters. The van der Waals surface area contributed by atoms with Gasteiger partial charge in [0.15, 0.2) is 0 Å². The Labute approximate surface area is 116 Å². The molecule has 19 heavy (non-hydrogen) atoms. The van der Waals surface area contributed by atoms with E-state index in [-0.39, 0.29) is 0 Å². The normalized spacial score (nSPS) is 34.2. The van der Waals surface area contributed by atoms with Gasteiger partial charge in [-0.1, -0.05) is 30.3 Å². The summed E-state index contributed by atoms with van der Waals surface area (Å²) in [5, 5.41) is 3.82. The van der Waals surface area contributed by atoms with Crippen molar-refractivity contribution in [2.24, 2.45) is 5.92 Å². The fraction of sp³-hybridized carbons (Fsp3) is 0.647. The van der Waals surface area contributed by atoms with Crippen LogP contribution in [0.3, 0.4) is 0 Å². The lowest BCUT2D eigenvalue weighted by atomic mass is 9.97. The molecule has 0 amide bonds. The number of piperazine rings is 1. The van der Waals surface area contributed by atoms with E-state index < -0.39 is 0 Å². The zero-order valence-corrected chi connectivity index (χ0v) is 11.8. The lowest BCUT2D eigenvalue weighted by molar-refractivity contribution is 0.0701. The second kappa shape index (κ2) is 4.32. The first kappa shape index (κ1) is 11.9. The fourth-order valence-corrected chi connectivity index (χ4v) is 3.63. The quantitative estimate of drug-likeness (QED) is 0.894. The molecule has 2 aliphatic carbocycles. The molecule has 102 valence electrons. The van der Waals surface area contributed by atoms with Crippen molar-refractivity contribution in [3.8, 4) is 0 Å². The number of nitrogens with one attached hydrogen (secondary N) is 1. The summed E-state index contributed by atoms with van der Waals surface area (Å²) in [7, 11) is 0. The molecule has 0 bridgehead atoms. The minimum absolute atomic E-state index is 0.482. The Morgan fingerprint density at radius 3 is 2.53 bits per heavy atom. The molecule has 3 aliphatic rings. The van der Waals surface area contributed by atoms with E-state index in [2.05, 4.69) is 47.5 Å². The molecule has 1 aromatic carbocycles. The second-order valence-corrected chi connectivity index (χ2v) is 6.93. The Hall–Kier alpha value is -0.860. The molecule has 1 saturated heterocycles. The van der Waals surface area contributed by atoms with Crippen molar-refractivity contribution in [1.82, 2.24) is 10.2 Å². The molecule has 2 nitrogen and oxygen atoms in total. The third-order valence-electron chi connectivity index (χ3n) is 5.39. The first-order valence-corrected chi connectivity index (χ1v) is 7.81. The van der Waals surface area contributed by atoms with E-state index in [1.165, 1.54) is 37.8 Å². The van der Waals surface area contributed by atoms with Gasteiger partial charge in [0.05, 0.1) is 0 Å². The molecule has 0 radical (unpaired) electrons. The van der Waals surface area contributed by atoms with Gasteiger partial charge in [0, 0.05) is 30.7 Å². The number of benzene rings is 1. The minimum atomic E-state index is 0.482. The van der Waals surface area contributed by atoms with Crippen LogP contribution >= 0.6 is 0 Å². The van der Waals surface area contributed by atoms with Gasteiger partial charge in [-0.05, 0) is 44.1 Å². The molecule has 2 saturated carbocycles. The Kier molecular flexibility index (Phi) is 2.71. The topological polar surface area (TPSA) is 15.3 Å². The smallest absolute Gasteiger partial charge is 0.0478 e. The summed E-state index contributed by atoms with van der Waals surface area (Å²) in [6, 6.07) is 12.4. The van der Waals surface area contributed by atoms with Crippen molar-refractivity contribution in [3.05, 3.63) is 35.9 Å². The average molecular weight is 256 g/mol. The highest BCUT2D eigenvalue weighted by Gasteiger charge is 2.49. The van der Waals surface area contributed by atoms with Gasteiger partial charge in [0.2, 0.25) is 0 Å². The van der Waals surface area contributed by atoms with E-state index in [9.17, 15) is 0 Å². The summed E-state index contributed by atoms with van der Waals surface area (Å²) in [5.74, 6) is 0.960. The minimum Gasteiger partial charge on any atom is -0.311 e. The van der Waals surface area contributed by atoms with Crippen LogP contribution in [-0.4, -0.2) is 29.6 Å². The number of rotatable bonds is 3. The highest BCUT2D eigenvalue weighted by atomic mass is 15.3. The van der Waals surface area contributed by atoms with Gasteiger partial charge in [-0.2, -0.15) is 0 Å². The number of nitrogens with zero attached hydrogens (tertiary/aromatic N) is 1. The van der Waals surface area contributed by atoms with Crippen LogP contribution in [-0.2, 0) is 0 Å². The Morgan fingerprint density at radius 2 is 1.89 bits per heavy atom. The van der Waals surface area contributed by atoms with Gasteiger partial charge in [-0.3, -0.25) is 4.90 Å². The first-order chi connectivity index (χ1) is 9.26. The standard InChI is InChI=1S/C17H24N2/c1-17(9-10-17)19-12-15(13-7-8-13)18-11-16(19)14-5-3-2-4-6-14/h2-6,13,15-16,18H,7-12H2,1H3. The monoisotopic (exact) mass is 256 g/mol. The summed E-state index contributed by atoms with van der Waals surface area (Å²) in [6.45, 7) is 4.83. The van der Waals surface area contributed by atoms with E-state index in [0.29, 0.717) is 11.6 Å². The summed E-state index contributed by atoms with van der Waals surface area (Å²) in [4.78, 5) is 2.81. The Bertz CT molecular complexity index is 448. The van der Waals surface area contributed by atoms with Crippen LogP contribution in [0, 0.1) is 5.92 Å². The second-order valence-electron chi connectivity index (χ2n) is 6.93. The summed E-state index contributed by atoms with van der Waals surface area (Å²) in [5.41, 5.74) is 1.97. The molecular formula is C17H24N2. The lowest BCUT2D eigenvalue weighted by Gasteiger charge is -2.44. The van der Waals surface area contributed by atoms with Crippen LogP contribution in [0.4, 0.5) is 0 Å². The van der Waals surface area contributed by atoms with E-state index in [1.807, 2.05) is 0 Å². The molecule has 2 atom stereocenters. The summed E-state index contributed by atoms with van der Waals surface area (Å²) >= 11 is 0. The van der Waals surface area contributed by atoms with Gasteiger partial charge in [0.25, 0.3) is 0 Å². The molecule has 3 fully saturated rings. The van der Waals surface area contributed by atoms with Crippen molar-refractivity contribution < 1.29 is 0 Å². The largest absolute Gasteiger partial charge is 0.311 e. The van der Waals surface area contributed by atoms with Crippen LogP contribution in [0.25, 0.3) is 0 Å². The van der Waals surface area contributed by atoms with Crippen LogP contribution in [0.1, 0.15) is 44.2 Å². The Balaban J connectivity index is 1.59. The lowest BCUT2D eigenvalue weighted by Crippen LogP contribution is -2.56. The van der Waals surface area contributed by atoms with E-state index >= 15 is 0 Å². The molecule has 1 aliphatic heterocycles. The van der Waals surface area contributed by atoms with Crippen LogP contribution in [0.5, 0.6) is 0 Å². The van der Waals surface area contributed by atoms with Crippen LogP contribution in [0.15, 0.2) is 30.3 Å². The van der Waals surface area contributed by atoms with Crippen molar-refractivity contribution in [3.63, 3.8) is 0 Å². The van der Waals surface area contributed by atoms with Crippen molar-refractivity contribution >= 4 is 0 Å². The van der Waals surface area contributed by atoms with Crippen LogP contribution < -0.4 is 5.32 Å². The van der Waals surface area contributed by atoms with Gasteiger partial charge >= 0.3 is 0 Å². The number of hydrogen-bond acceptors (Lipinski definition) is 2. The zero-order valence-electron chi connectivity index (χ0n) is 11.8. The Morgan fingerprint density at radius 1 is 1.16 bits per heavy atom. The van der Waals surface area contributed by atoms with Crippen molar-refractivity contribution in [1.29, 1.82) is 0 Å². The summed E-state index contributed by atoms with van der Waals surface area (Å²) in [6.07, 6.45) is 5.65. The third-order valence-corrected chi connectivity index (χ3v) is 5.39. The average Bonchev–Trinajstić information content (AvgIpc) is 3.35. The highest BCUT2D eigenvalue weighted by molar-refractivity contribution is 5.22. The van der Waals surface area contributed by atoms with E-state index in [1.54, 1.807) is 0 Å². The SMILES string of the molecule is CC1(N2CC(C3CC3)NCC2c2ccccc2)CC1. The predicted molar refractivity (Wildman–Crippen MR) is 78.0 cm³/mol. The van der Waals surface area contributed by atoms with Gasteiger partial charge < -0.3 is 5.32 Å². The first-order valence-electron chi connectivity index (χ1n) is 7.81. The van der Waals surface area contributed by atoms with E-state index in [0.717, 1.165) is 18.5 Å². The maximum absolute atomic E-state index is 3.82. The van der Waals surface area contributed by atoms with E-state index in [4.69, 9.17) is 0 Å². The molecule has 1 aromatic rings. The van der Waals surface area contributed by atoms with Gasteiger partial charge in [-0.25, -0.2) is 0 Å². The highest BCUT2D eigenvalue weighted by Crippen LogP contribution is 2.47. The van der Waals surface area contributed by atoms with Crippen LogP contribution in [0.2, 0.25) is 0 Å². The molecule has 0 aromatic heterocycles. The number of hydrogen-bond donors (Lipinski definition) is 1. The predicted octanol–water partition coefficient (Wildman–Crippen LogP) is 2.96. The third kappa shape index (κ3) is 2.21. The maximum atomic E-state index is 3.82. The zero-order chi connectivity index (χ0) is 12.9. The van der Waals surface area contributed by atoms with Crippen molar-refractivity contribution in [2.75, 3.05) is 13.1 Å². The fourth-order valence-electron chi connectivity index (χ4n) is 3.63. The molecule has 1 heterocycles. The molecule has 0 spiro atoms. The van der Waals surface area contributed by atoms with Gasteiger partial charge in [0.1, 0.15) is 0 Å². The molecule has 4 rings (SSSR count). The summed E-state index contributed by atoms with van der Waals surface area (Å²) < 4.78 is 0. The molecular weight excluding hydrogens is 232 g/mol. The maximum Gasteiger partial charge on any atom is 0.0478 e.